The number of hydrogen-bond donors (Lipinski definition) is 1. The average molecular weight is 346 g/mol. The Balaban J connectivity index is 2.12. The maximum absolute atomic E-state index is 12.9. The Morgan fingerprint density at radius 3 is 1.80 bits per heavy atom. The first kappa shape index (κ1) is 19.8. The number of amides is 1. The van der Waals surface area contributed by atoms with Crippen molar-refractivity contribution < 1.29 is 9.53 Å². The van der Waals surface area contributed by atoms with Crippen LogP contribution < -0.4 is 10.1 Å². The first-order chi connectivity index (χ1) is 11.5. The van der Waals surface area contributed by atoms with Crippen molar-refractivity contribution in [2.75, 3.05) is 12.4 Å². The van der Waals surface area contributed by atoms with Gasteiger partial charge < -0.3 is 10.1 Å². The summed E-state index contributed by atoms with van der Waals surface area (Å²) in [5.74, 6) is 2.21. The molecule has 1 saturated carbocycles. The van der Waals surface area contributed by atoms with Gasteiger partial charge in [0.1, 0.15) is 5.75 Å². The fourth-order valence-electron chi connectivity index (χ4n) is 3.87. The summed E-state index contributed by atoms with van der Waals surface area (Å²) in [6.45, 7) is 13.8. The minimum absolute atomic E-state index is 0.0873. The maximum Gasteiger partial charge on any atom is 0.227 e. The van der Waals surface area contributed by atoms with E-state index >= 15 is 0 Å². The number of nitrogens with one attached hydrogen (secondary N) is 1. The second-order valence-electron chi connectivity index (χ2n) is 9.75. The number of benzene rings is 1. The SMILES string of the molecule is COc1ccc(NC(=O)C2C[C@@H](C(C)(C)C)C[C@@H](C(C)(C)C)C2)cc1. The van der Waals surface area contributed by atoms with Crippen LogP contribution in [0.25, 0.3) is 0 Å². The summed E-state index contributed by atoms with van der Waals surface area (Å²) in [7, 11) is 1.65. The molecule has 0 aliphatic heterocycles. The van der Waals surface area contributed by atoms with Gasteiger partial charge in [0, 0.05) is 11.6 Å². The molecule has 1 unspecified atom stereocenters. The lowest BCUT2D eigenvalue weighted by molar-refractivity contribution is -0.123. The number of rotatable bonds is 3. The number of carbonyl (C=O) groups excluding carboxylic acids is 1. The Kier molecular flexibility index (Phi) is 5.86. The van der Waals surface area contributed by atoms with Crippen LogP contribution in [0, 0.1) is 28.6 Å². The molecule has 1 aromatic carbocycles. The molecule has 2 rings (SSSR count). The van der Waals surface area contributed by atoms with Crippen LogP contribution in [-0.2, 0) is 4.79 Å². The molecule has 1 N–H and O–H groups in total. The third-order valence-corrected chi connectivity index (χ3v) is 5.88. The van der Waals surface area contributed by atoms with Gasteiger partial charge in [0.05, 0.1) is 7.11 Å². The molecule has 1 aliphatic rings. The molecule has 140 valence electrons. The average Bonchev–Trinajstić information content (AvgIpc) is 2.53. The molecule has 1 amide bonds. The quantitative estimate of drug-likeness (QED) is 0.756. The van der Waals surface area contributed by atoms with Crippen molar-refractivity contribution in [3.05, 3.63) is 24.3 Å². The van der Waals surface area contributed by atoms with Crippen LogP contribution in [0.2, 0.25) is 0 Å². The van der Waals surface area contributed by atoms with Crippen LogP contribution >= 0.6 is 0 Å². The van der Waals surface area contributed by atoms with Gasteiger partial charge in [0.2, 0.25) is 5.91 Å². The zero-order valence-corrected chi connectivity index (χ0v) is 17.0. The van der Waals surface area contributed by atoms with E-state index in [1.807, 2.05) is 24.3 Å². The molecule has 0 saturated heterocycles. The summed E-state index contributed by atoms with van der Waals surface area (Å²) in [6.07, 6.45) is 3.19. The first-order valence-electron chi connectivity index (χ1n) is 9.45. The minimum Gasteiger partial charge on any atom is -0.497 e. The topological polar surface area (TPSA) is 38.3 Å². The van der Waals surface area contributed by atoms with Crippen molar-refractivity contribution in [3.8, 4) is 5.75 Å². The van der Waals surface area contributed by atoms with E-state index < -0.39 is 0 Å². The highest BCUT2D eigenvalue weighted by Crippen LogP contribution is 2.48. The highest BCUT2D eigenvalue weighted by atomic mass is 16.5. The minimum atomic E-state index is 0.0873. The van der Waals surface area contributed by atoms with E-state index in [2.05, 4.69) is 46.9 Å². The molecule has 0 radical (unpaired) electrons. The van der Waals surface area contributed by atoms with Gasteiger partial charge >= 0.3 is 0 Å². The molecule has 3 heteroatoms. The summed E-state index contributed by atoms with van der Waals surface area (Å²) in [5, 5.41) is 3.11. The molecule has 0 spiro atoms. The van der Waals surface area contributed by atoms with Gasteiger partial charge in [-0.2, -0.15) is 0 Å². The third kappa shape index (κ3) is 5.23. The lowest BCUT2D eigenvalue weighted by Crippen LogP contribution is -2.40. The Labute approximate surface area is 153 Å². The van der Waals surface area contributed by atoms with Gasteiger partial charge in [-0.25, -0.2) is 0 Å². The Bertz CT molecular complexity index is 556. The van der Waals surface area contributed by atoms with E-state index in [1.165, 1.54) is 6.42 Å². The van der Waals surface area contributed by atoms with Crippen molar-refractivity contribution in [1.82, 2.24) is 0 Å². The number of carbonyl (C=O) groups is 1. The van der Waals surface area contributed by atoms with E-state index in [-0.39, 0.29) is 22.7 Å². The lowest BCUT2D eigenvalue weighted by atomic mass is 9.60. The molecule has 25 heavy (non-hydrogen) atoms. The monoisotopic (exact) mass is 345 g/mol. The largest absolute Gasteiger partial charge is 0.497 e. The van der Waals surface area contributed by atoms with E-state index in [1.54, 1.807) is 7.11 Å². The van der Waals surface area contributed by atoms with E-state index in [0.29, 0.717) is 11.8 Å². The smallest absolute Gasteiger partial charge is 0.227 e. The van der Waals surface area contributed by atoms with Crippen LogP contribution in [0.5, 0.6) is 5.75 Å². The predicted octanol–water partition coefficient (Wildman–Crippen LogP) is 5.76. The van der Waals surface area contributed by atoms with Gasteiger partial charge in [0.15, 0.2) is 0 Å². The lowest BCUT2D eigenvalue weighted by Gasteiger charge is -2.45. The van der Waals surface area contributed by atoms with Crippen molar-refractivity contribution in [2.24, 2.45) is 28.6 Å². The summed E-state index contributed by atoms with van der Waals surface area (Å²) < 4.78 is 5.18. The summed E-state index contributed by atoms with van der Waals surface area (Å²) in [6, 6.07) is 7.57. The molecule has 1 aliphatic carbocycles. The van der Waals surface area contributed by atoms with Crippen molar-refractivity contribution in [3.63, 3.8) is 0 Å². The van der Waals surface area contributed by atoms with Crippen LogP contribution in [0.1, 0.15) is 60.8 Å². The molecule has 1 aromatic rings. The predicted molar refractivity (Wildman–Crippen MR) is 105 cm³/mol. The molecular weight excluding hydrogens is 310 g/mol. The number of methoxy groups -OCH3 is 1. The highest BCUT2D eigenvalue weighted by molar-refractivity contribution is 5.92. The van der Waals surface area contributed by atoms with Crippen LogP contribution in [0.4, 0.5) is 5.69 Å². The second-order valence-corrected chi connectivity index (χ2v) is 9.75. The van der Waals surface area contributed by atoms with Gasteiger partial charge in [-0.05, 0) is 66.2 Å². The van der Waals surface area contributed by atoms with E-state index in [0.717, 1.165) is 24.3 Å². The fourth-order valence-corrected chi connectivity index (χ4v) is 3.87. The maximum atomic E-state index is 12.9. The zero-order chi connectivity index (χ0) is 18.8. The van der Waals surface area contributed by atoms with Crippen molar-refractivity contribution in [1.29, 1.82) is 0 Å². The van der Waals surface area contributed by atoms with Crippen LogP contribution in [0.15, 0.2) is 24.3 Å². The molecular formula is C22H35NO2. The third-order valence-electron chi connectivity index (χ3n) is 5.88. The standard InChI is InChI=1S/C22H35NO2/c1-21(2,3)16-12-15(13-17(14-16)22(4,5)6)20(24)23-18-8-10-19(25-7)11-9-18/h8-11,15-17H,12-14H2,1-7H3,(H,23,24)/t15?,16-,17+. The number of anilines is 1. The fraction of sp³-hybridized carbons (Fsp3) is 0.682. The molecule has 0 aromatic heterocycles. The second kappa shape index (κ2) is 7.39. The first-order valence-corrected chi connectivity index (χ1v) is 9.45. The summed E-state index contributed by atoms with van der Waals surface area (Å²) in [4.78, 5) is 12.9. The summed E-state index contributed by atoms with van der Waals surface area (Å²) in [5.41, 5.74) is 1.32. The summed E-state index contributed by atoms with van der Waals surface area (Å²) >= 11 is 0. The van der Waals surface area contributed by atoms with Gasteiger partial charge in [-0.15, -0.1) is 0 Å². The molecule has 3 nitrogen and oxygen atoms in total. The Hall–Kier alpha value is -1.51. The number of hydrogen-bond acceptors (Lipinski definition) is 2. The van der Waals surface area contributed by atoms with Crippen LogP contribution in [-0.4, -0.2) is 13.0 Å². The van der Waals surface area contributed by atoms with Crippen molar-refractivity contribution >= 4 is 11.6 Å². The van der Waals surface area contributed by atoms with E-state index in [4.69, 9.17) is 4.74 Å². The molecule has 0 bridgehead atoms. The number of ether oxygens (including phenoxy) is 1. The van der Waals surface area contributed by atoms with Crippen LogP contribution in [0.3, 0.4) is 0 Å². The molecule has 1 fully saturated rings. The highest BCUT2D eigenvalue weighted by Gasteiger charge is 2.41. The Morgan fingerprint density at radius 1 is 0.920 bits per heavy atom. The zero-order valence-electron chi connectivity index (χ0n) is 17.0. The van der Waals surface area contributed by atoms with Gasteiger partial charge in [0.25, 0.3) is 0 Å². The normalized spacial score (nSPS) is 24.7. The molecule has 3 atom stereocenters. The molecule has 0 heterocycles. The van der Waals surface area contributed by atoms with Crippen molar-refractivity contribution in [2.45, 2.75) is 60.8 Å². The van der Waals surface area contributed by atoms with Gasteiger partial charge in [-0.1, -0.05) is 41.5 Å². The van der Waals surface area contributed by atoms with Gasteiger partial charge in [-0.3, -0.25) is 4.79 Å². The van der Waals surface area contributed by atoms with E-state index in [9.17, 15) is 4.79 Å². The Morgan fingerprint density at radius 2 is 1.40 bits per heavy atom.